The van der Waals surface area contributed by atoms with E-state index in [-0.39, 0.29) is 5.91 Å². The molecule has 3 aromatic carbocycles. The van der Waals surface area contributed by atoms with Crippen LogP contribution in [-0.4, -0.2) is 15.9 Å². The molecule has 0 aliphatic carbocycles. The molecule has 1 heterocycles. The molecule has 0 unspecified atom stereocenters. The molecule has 0 aliphatic heterocycles. The zero-order chi connectivity index (χ0) is 21.6. The molecule has 154 valence electrons. The Kier molecular flexibility index (Phi) is 6.24. The first-order chi connectivity index (χ1) is 15.0. The number of amides is 1. The van der Waals surface area contributed by atoms with Gasteiger partial charge < -0.3 is 16.0 Å². The van der Waals surface area contributed by atoms with Crippen LogP contribution in [0.15, 0.2) is 89.4 Å². The summed E-state index contributed by atoms with van der Waals surface area (Å²) in [6.45, 7) is 1.92. The highest BCUT2D eigenvalue weighted by Gasteiger charge is 2.07. The Bertz CT molecular complexity index is 1200. The van der Waals surface area contributed by atoms with E-state index in [1.807, 2.05) is 79.7 Å². The number of aromatic nitrogens is 2. The second-order valence-corrected chi connectivity index (χ2v) is 7.79. The number of nitrogens with zero attached hydrogens (tertiary/aromatic N) is 2. The van der Waals surface area contributed by atoms with Gasteiger partial charge in [0.1, 0.15) is 5.82 Å². The highest BCUT2D eigenvalue weighted by Crippen LogP contribution is 2.21. The number of aryl methyl sites for hydroxylation is 1. The average molecular weight is 474 g/mol. The number of hydrogen-bond donors (Lipinski definition) is 3. The van der Waals surface area contributed by atoms with Crippen LogP contribution in [0.25, 0.3) is 0 Å². The van der Waals surface area contributed by atoms with Gasteiger partial charge in [0.15, 0.2) is 0 Å². The maximum Gasteiger partial charge on any atom is 0.255 e. The van der Waals surface area contributed by atoms with Gasteiger partial charge in [-0.15, -0.1) is 0 Å². The summed E-state index contributed by atoms with van der Waals surface area (Å²) >= 11 is 3.38. The summed E-state index contributed by atoms with van der Waals surface area (Å²) in [6.07, 6.45) is 0. The normalized spacial score (nSPS) is 10.4. The van der Waals surface area contributed by atoms with Crippen molar-refractivity contribution < 1.29 is 4.79 Å². The van der Waals surface area contributed by atoms with E-state index in [2.05, 4.69) is 41.8 Å². The SMILES string of the molecule is Cc1cc(Nc2ccccc2)nc(Nc2ccc(NC(=O)c3cccc(Br)c3)cc2)n1. The van der Waals surface area contributed by atoms with Gasteiger partial charge in [-0.3, -0.25) is 4.79 Å². The van der Waals surface area contributed by atoms with Crippen molar-refractivity contribution in [2.75, 3.05) is 16.0 Å². The number of anilines is 5. The van der Waals surface area contributed by atoms with Gasteiger partial charge in [0.25, 0.3) is 5.91 Å². The largest absolute Gasteiger partial charge is 0.340 e. The molecule has 0 fully saturated rings. The molecule has 3 N–H and O–H groups in total. The lowest BCUT2D eigenvalue weighted by Crippen LogP contribution is -2.11. The Morgan fingerprint density at radius 2 is 1.48 bits per heavy atom. The Morgan fingerprint density at radius 3 is 2.23 bits per heavy atom. The van der Waals surface area contributed by atoms with Gasteiger partial charge in [0.2, 0.25) is 5.95 Å². The van der Waals surface area contributed by atoms with Crippen molar-refractivity contribution >= 4 is 50.7 Å². The number of hydrogen-bond acceptors (Lipinski definition) is 5. The van der Waals surface area contributed by atoms with Crippen molar-refractivity contribution in [3.05, 3.63) is 101 Å². The lowest BCUT2D eigenvalue weighted by atomic mass is 10.2. The van der Waals surface area contributed by atoms with E-state index < -0.39 is 0 Å². The molecule has 0 saturated carbocycles. The number of rotatable bonds is 6. The van der Waals surface area contributed by atoms with Crippen LogP contribution in [0.3, 0.4) is 0 Å². The Balaban J connectivity index is 1.43. The summed E-state index contributed by atoms with van der Waals surface area (Å²) < 4.78 is 0.860. The third-order valence-corrected chi connectivity index (χ3v) is 4.88. The van der Waals surface area contributed by atoms with E-state index in [1.165, 1.54) is 0 Å². The first kappa shape index (κ1) is 20.6. The van der Waals surface area contributed by atoms with Crippen LogP contribution in [0, 0.1) is 6.92 Å². The predicted molar refractivity (Wildman–Crippen MR) is 128 cm³/mol. The van der Waals surface area contributed by atoms with Crippen LogP contribution >= 0.6 is 15.9 Å². The summed E-state index contributed by atoms with van der Waals surface area (Å²) in [6, 6.07) is 26.4. The average Bonchev–Trinajstić information content (AvgIpc) is 2.75. The van der Waals surface area contributed by atoms with Crippen LogP contribution in [0.5, 0.6) is 0 Å². The molecular formula is C24H20BrN5O. The molecule has 6 nitrogen and oxygen atoms in total. The van der Waals surface area contributed by atoms with Crippen LogP contribution in [0.1, 0.15) is 16.1 Å². The van der Waals surface area contributed by atoms with E-state index in [4.69, 9.17) is 0 Å². The fourth-order valence-electron chi connectivity index (χ4n) is 2.96. The quantitative estimate of drug-likeness (QED) is 0.306. The highest BCUT2D eigenvalue weighted by molar-refractivity contribution is 9.10. The second-order valence-electron chi connectivity index (χ2n) is 6.88. The van der Waals surface area contributed by atoms with E-state index in [1.54, 1.807) is 12.1 Å². The van der Waals surface area contributed by atoms with Crippen molar-refractivity contribution in [3.63, 3.8) is 0 Å². The summed E-state index contributed by atoms with van der Waals surface area (Å²) in [4.78, 5) is 21.4. The van der Waals surface area contributed by atoms with Crippen LogP contribution in [-0.2, 0) is 0 Å². The Labute approximate surface area is 188 Å². The molecule has 0 radical (unpaired) electrons. The topological polar surface area (TPSA) is 78.9 Å². The third kappa shape index (κ3) is 5.67. The van der Waals surface area contributed by atoms with Gasteiger partial charge >= 0.3 is 0 Å². The van der Waals surface area contributed by atoms with Crippen molar-refractivity contribution in [2.45, 2.75) is 6.92 Å². The predicted octanol–water partition coefficient (Wildman–Crippen LogP) is 6.29. The molecule has 0 spiro atoms. The Morgan fingerprint density at radius 1 is 0.774 bits per heavy atom. The molecule has 0 aliphatic rings. The number of benzene rings is 3. The van der Waals surface area contributed by atoms with Gasteiger partial charge in [-0.2, -0.15) is 4.98 Å². The van der Waals surface area contributed by atoms with E-state index in [0.29, 0.717) is 23.0 Å². The smallest absolute Gasteiger partial charge is 0.255 e. The first-order valence-electron chi connectivity index (χ1n) is 9.67. The minimum Gasteiger partial charge on any atom is -0.340 e. The second kappa shape index (κ2) is 9.40. The highest BCUT2D eigenvalue weighted by atomic mass is 79.9. The zero-order valence-electron chi connectivity index (χ0n) is 16.8. The standard InChI is InChI=1S/C24H20BrN5O/c1-16-14-22(27-19-8-3-2-4-9-19)30-24(26-16)29-21-12-10-20(11-13-21)28-23(31)17-6-5-7-18(25)15-17/h2-15H,1H3,(H,28,31)(H2,26,27,29,30). The first-order valence-corrected chi connectivity index (χ1v) is 10.5. The monoisotopic (exact) mass is 473 g/mol. The van der Waals surface area contributed by atoms with Crippen LogP contribution in [0.4, 0.5) is 28.8 Å². The summed E-state index contributed by atoms with van der Waals surface area (Å²) in [5, 5.41) is 9.38. The van der Waals surface area contributed by atoms with Gasteiger partial charge in [0.05, 0.1) is 0 Å². The van der Waals surface area contributed by atoms with E-state index >= 15 is 0 Å². The molecule has 7 heteroatoms. The minimum absolute atomic E-state index is 0.166. The molecule has 4 aromatic rings. The minimum atomic E-state index is -0.166. The molecule has 4 rings (SSSR count). The number of para-hydroxylation sites is 1. The number of carbonyl (C=O) groups excluding carboxylic acids is 1. The van der Waals surface area contributed by atoms with Crippen molar-refractivity contribution in [3.8, 4) is 0 Å². The van der Waals surface area contributed by atoms with Crippen molar-refractivity contribution in [2.24, 2.45) is 0 Å². The molecule has 1 aromatic heterocycles. The zero-order valence-corrected chi connectivity index (χ0v) is 18.3. The molecule has 0 atom stereocenters. The molecule has 0 saturated heterocycles. The summed E-state index contributed by atoms with van der Waals surface area (Å²) in [5.41, 5.74) is 3.90. The third-order valence-electron chi connectivity index (χ3n) is 4.39. The number of nitrogens with one attached hydrogen (secondary N) is 3. The van der Waals surface area contributed by atoms with E-state index in [0.717, 1.165) is 21.5 Å². The van der Waals surface area contributed by atoms with Crippen molar-refractivity contribution in [1.29, 1.82) is 0 Å². The van der Waals surface area contributed by atoms with Crippen LogP contribution < -0.4 is 16.0 Å². The van der Waals surface area contributed by atoms with E-state index in [9.17, 15) is 4.79 Å². The van der Waals surface area contributed by atoms with Crippen molar-refractivity contribution in [1.82, 2.24) is 9.97 Å². The molecule has 31 heavy (non-hydrogen) atoms. The number of halogens is 1. The lowest BCUT2D eigenvalue weighted by Gasteiger charge is -2.11. The van der Waals surface area contributed by atoms with Gasteiger partial charge in [-0.1, -0.05) is 40.2 Å². The fraction of sp³-hybridized carbons (Fsp3) is 0.0417. The maximum atomic E-state index is 12.4. The summed E-state index contributed by atoms with van der Waals surface area (Å²) in [5.74, 6) is 1.03. The van der Waals surface area contributed by atoms with Gasteiger partial charge in [0, 0.05) is 38.9 Å². The maximum absolute atomic E-state index is 12.4. The molecular weight excluding hydrogens is 454 g/mol. The molecule has 0 bridgehead atoms. The molecule has 1 amide bonds. The Hall–Kier alpha value is -3.71. The van der Waals surface area contributed by atoms with Crippen LogP contribution in [0.2, 0.25) is 0 Å². The van der Waals surface area contributed by atoms with Gasteiger partial charge in [-0.25, -0.2) is 4.98 Å². The fourth-order valence-corrected chi connectivity index (χ4v) is 3.36. The summed E-state index contributed by atoms with van der Waals surface area (Å²) in [7, 11) is 0. The number of carbonyl (C=O) groups is 1. The lowest BCUT2D eigenvalue weighted by molar-refractivity contribution is 0.102. The van der Waals surface area contributed by atoms with Gasteiger partial charge in [-0.05, 0) is 61.5 Å².